The van der Waals surface area contributed by atoms with Crippen LogP contribution in [-0.2, 0) is 22.7 Å². The van der Waals surface area contributed by atoms with E-state index in [2.05, 4.69) is 10.3 Å². The van der Waals surface area contributed by atoms with Gasteiger partial charge in [-0.05, 0) is 30.7 Å². The summed E-state index contributed by atoms with van der Waals surface area (Å²) in [7, 11) is 1.48. The number of nitrogens with zero attached hydrogens (tertiary/aromatic N) is 3. The minimum absolute atomic E-state index is 0.0442. The van der Waals surface area contributed by atoms with Crippen LogP contribution in [0.25, 0.3) is 0 Å². The molecule has 30 heavy (non-hydrogen) atoms. The van der Waals surface area contributed by atoms with Crippen LogP contribution in [0.1, 0.15) is 24.5 Å². The molecule has 1 aliphatic heterocycles. The van der Waals surface area contributed by atoms with Gasteiger partial charge in [-0.1, -0.05) is 6.07 Å². The van der Waals surface area contributed by atoms with Crippen molar-refractivity contribution in [3.8, 4) is 5.75 Å². The summed E-state index contributed by atoms with van der Waals surface area (Å²) in [4.78, 5) is 33.1. The number of ether oxygens (including phenoxy) is 1. The molecule has 1 aromatic carbocycles. The van der Waals surface area contributed by atoms with Crippen LogP contribution in [0, 0.1) is 5.82 Å². The number of aromatic nitrogens is 1. The maximum atomic E-state index is 14.4. The molecule has 2 amide bonds. The van der Waals surface area contributed by atoms with Crippen LogP contribution >= 0.6 is 0 Å². The molecule has 3 rings (SSSR count). The quantitative estimate of drug-likeness (QED) is 0.715. The zero-order valence-electron chi connectivity index (χ0n) is 17.3. The third kappa shape index (κ3) is 5.33. The van der Waals surface area contributed by atoms with Crippen molar-refractivity contribution >= 4 is 11.8 Å². The second-order valence-corrected chi connectivity index (χ2v) is 7.20. The van der Waals surface area contributed by atoms with Gasteiger partial charge in [0.25, 0.3) is 0 Å². The molecule has 1 atom stereocenters. The lowest BCUT2D eigenvalue weighted by atomic mass is 10.1. The van der Waals surface area contributed by atoms with Crippen molar-refractivity contribution in [1.82, 2.24) is 20.1 Å². The Morgan fingerprint density at radius 3 is 2.77 bits per heavy atom. The molecule has 1 aromatic heterocycles. The Hall–Kier alpha value is -3.00. The van der Waals surface area contributed by atoms with Crippen LogP contribution in [0.3, 0.4) is 0 Å². The summed E-state index contributed by atoms with van der Waals surface area (Å²) in [6, 6.07) is 7.76. The number of rotatable bonds is 8. The van der Waals surface area contributed by atoms with Crippen molar-refractivity contribution < 1.29 is 18.7 Å². The number of pyridine rings is 1. The smallest absolute Gasteiger partial charge is 0.237 e. The first-order valence-corrected chi connectivity index (χ1v) is 10.0. The summed E-state index contributed by atoms with van der Waals surface area (Å²) in [5.41, 5.74) is 1.44. The van der Waals surface area contributed by atoms with Gasteiger partial charge in [0.2, 0.25) is 11.8 Å². The molecule has 160 valence electrons. The Bertz CT molecular complexity index is 878. The Kier molecular flexibility index (Phi) is 7.35. The summed E-state index contributed by atoms with van der Waals surface area (Å²) < 4.78 is 19.5. The third-order valence-electron chi connectivity index (χ3n) is 5.30. The van der Waals surface area contributed by atoms with Crippen LogP contribution in [0.5, 0.6) is 5.75 Å². The number of piperazine rings is 1. The first-order valence-electron chi connectivity index (χ1n) is 10.0. The predicted molar refractivity (Wildman–Crippen MR) is 110 cm³/mol. The number of carbonyl (C=O) groups is 2. The van der Waals surface area contributed by atoms with Crippen molar-refractivity contribution in [2.75, 3.05) is 26.7 Å². The lowest BCUT2D eigenvalue weighted by Crippen LogP contribution is -2.56. The number of nitrogens with one attached hydrogen (secondary N) is 1. The summed E-state index contributed by atoms with van der Waals surface area (Å²) in [5, 5.41) is 2.82. The molecule has 1 N–H and O–H groups in total. The number of benzene rings is 1. The van der Waals surface area contributed by atoms with E-state index in [0.29, 0.717) is 37.5 Å². The SMILES string of the molecule is CCN(Cc1ccncc1)C(=O)CC1C(=O)NCCN1Cc1ccc(OC)cc1F. The normalized spacial score (nSPS) is 16.8. The van der Waals surface area contributed by atoms with E-state index in [4.69, 9.17) is 4.74 Å². The van der Waals surface area contributed by atoms with Crippen LogP contribution in [0.4, 0.5) is 4.39 Å². The Labute approximate surface area is 175 Å². The Morgan fingerprint density at radius 2 is 2.10 bits per heavy atom. The molecule has 0 bridgehead atoms. The maximum absolute atomic E-state index is 14.4. The second kappa shape index (κ2) is 10.2. The van der Waals surface area contributed by atoms with E-state index in [9.17, 15) is 14.0 Å². The van der Waals surface area contributed by atoms with E-state index < -0.39 is 11.9 Å². The van der Waals surface area contributed by atoms with Gasteiger partial charge in [0.05, 0.1) is 19.6 Å². The summed E-state index contributed by atoms with van der Waals surface area (Å²) in [5.74, 6) is -0.271. The standard InChI is InChI=1S/C22H27FN4O3/c1-3-26(14-16-6-8-24-9-7-16)21(28)13-20-22(29)25-10-11-27(20)15-17-4-5-18(30-2)12-19(17)23/h4-9,12,20H,3,10-11,13-15H2,1-2H3,(H,25,29). The van der Waals surface area contributed by atoms with E-state index in [1.807, 2.05) is 24.0 Å². The average molecular weight is 414 g/mol. The van der Waals surface area contributed by atoms with Crippen molar-refractivity contribution in [3.63, 3.8) is 0 Å². The van der Waals surface area contributed by atoms with Crippen molar-refractivity contribution in [2.24, 2.45) is 0 Å². The molecule has 2 aromatic rings. The lowest BCUT2D eigenvalue weighted by Gasteiger charge is -2.35. The number of carbonyl (C=O) groups excluding carboxylic acids is 2. The van der Waals surface area contributed by atoms with Gasteiger partial charge in [-0.2, -0.15) is 0 Å². The van der Waals surface area contributed by atoms with Gasteiger partial charge >= 0.3 is 0 Å². The van der Waals surface area contributed by atoms with Gasteiger partial charge in [0.15, 0.2) is 0 Å². The molecule has 0 saturated carbocycles. The Balaban J connectivity index is 1.71. The largest absolute Gasteiger partial charge is 0.497 e. The van der Waals surface area contributed by atoms with Crippen LogP contribution in [0.15, 0.2) is 42.7 Å². The minimum atomic E-state index is -0.640. The molecule has 1 fully saturated rings. The van der Waals surface area contributed by atoms with Gasteiger partial charge in [-0.15, -0.1) is 0 Å². The fourth-order valence-electron chi connectivity index (χ4n) is 3.55. The highest BCUT2D eigenvalue weighted by molar-refractivity contribution is 5.88. The predicted octanol–water partition coefficient (Wildman–Crippen LogP) is 1.97. The van der Waals surface area contributed by atoms with E-state index >= 15 is 0 Å². The van der Waals surface area contributed by atoms with Crippen molar-refractivity contribution in [3.05, 3.63) is 59.7 Å². The number of hydrogen-bond acceptors (Lipinski definition) is 5. The zero-order valence-corrected chi connectivity index (χ0v) is 17.3. The molecule has 0 radical (unpaired) electrons. The van der Waals surface area contributed by atoms with Crippen LogP contribution in [0.2, 0.25) is 0 Å². The molecule has 0 aliphatic carbocycles. The van der Waals surface area contributed by atoms with Crippen LogP contribution in [-0.4, -0.2) is 59.4 Å². The molecule has 1 aliphatic rings. The monoisotopic (exact) mass is 414 g/mol. The first kappa shape index (κ1) is 21.7. The minimum Gasteiger partial charge on any atom is -0.497 e. The van der Waals surface area contributed by atoms with Crippen molar-refractivity contribution in [1.29, 1.82) is 0 Å². The summed E-state index contributed by atoms with van der Waals surface area (Å²) in [6.07, 6.45) is 3.42. The number of halogens is 1. The molecule has 1 saturated heterocycles. The third-order valence-corrected chi connectivity index (χ3v) is 5.30. The molecule has 0 spiro atoms. The number of amides is 2. The Morgan fingerprint density at radius 1 is 1.33 bits per heavy atom. The highest BCUT2D eigenvalue weighted by Crippen LogP contribution is 2.21. The van der Waals surface area contributed by atoms with E-state index in [1.54, 1.807) is 29.4 Å². The van der Waals surface area contributed by atoms with Crippen LogP contribution < -0.4 is 10.1 Å². The molecular weight excluding hydrogens is 387 g/mol. The van der Waals surface area contributed by atoms with Gasteiger partial charge in [0, 0.05) is 56.7 Å². The highest BCUT2D eigenvalue weighted by atomic mass is 19.1. The second-order valence-electron chi connectivity index (χ2n) is 7.20. The van der Waals surface area contributed by atoms with E-state index in [0.717, 1.165) is 5.56 Å². The number of hydrogen-bond donors (Lipinski definition) is 1. The average Bonchev–Trinajstić information content (AvgIpc) is 2.76. The topological polar surface area (TPSA) is 74.8 Å². The molecule has 2 heterocycles. The highest BCUT2D eigenvalue weighted by Gasteiger charge is 2.33. The number of methoxy groups -OCH3 is 1. The fourth-order valence-corrected chi connectivity index (χ4v) is 3.55. The summed E-state index contributed by atoms with van der Waals surface area (Å²) >= 11 is 0. The molecule has 8 heteroatoms. The van der Waals surface area contributed by atoms with Gasteiger partial charge < -0.3 is 15.0 Å². The molecule has 7 nitrogen and oxygen atoms in total. The van der Waals surface area contributed by atoms with E-state index in [1.165, 1.54) is 13.2 Å². The first-order chi connectivity index (χ1) is 14.5. The molecular formula is C22H27FN4O3. The van der Waals surface area contributed by atoms with E-state index in [-0.39, 0.29) is 24.8 Å². The van der Waals surface area contributed by atoms with Gasteiger partial charge in [-0.25, -0.2) is 4.39 Å². The molecule has 1 unspecified atom stereocenters. The van der Waals surface area contributed by atoms with Crippen molar-refractivity contribution in [2.45, 2.75) is 32.5 Å². The lowest BCUT2D eigenvalue weighted by molar-refractivity contribution is -0.139. The summed E-state index contributed by atoms with van der Waals surface area (Å²) in [6.45, 7) is 4.16. The fraction of sp³-hybridized carbons (Fsp3) is 0.409. The van der Waals surface area contributed by atoms with Gasteiger partial charge in [-0.3, -0.25) is 19.5 Å². The maximum Gasteiger partial charge on any atom is 0.237 e. The van der Waals surface area contributed by atoms with Gasteiger partial charge in [0.1, 0.15) is 11.6 Å². The zero-order chi connectivity index (χ0) is 21.5.